The predicted octanol–water partition coefficient (Wildman–Crippen LogP) is 2.59. The number of hydrogen-bond acceptors (Lipinski definition) is 7. The number of benzene rings is 1. The lowest BCUT2D eigenvalue weighted by Crippen LogP contribution is -2.56. The van der Waals surface area contributed by atoms with E-state index in [1.807, 2.05) is 18.7 Å². The fourth-order valence-electron chi connectivity index (χ4n) is 5.11. The number of aliphatic imine (C=N–C) groups is 1. The van der Waals surface area contributed by atoms with Gasteiger partial charge >= 0.3 is 0 Å². The summed E-state index contributed by atoms with van der Waals surface area (Å²) >= 11 is 1.52. The molecule has 3 aliphatic rings. The summed E-state index contributed by atoms with van der Waals surface area (Å²) in [7, 11) is 3.78. The Bertz CT molecular complexity index is 965. The molecule has 0 aliphatic carbocycles. The number of ketones is 1. The van der Waals surface area contributed by atoms with E-state index in [9.17, 15) is 18.8 Å². The minimum atomic E-state index is -0.561. The molecule has 2 amide bonds. The van der Waals surface area contributed by atoms with E-state index in [2.05, 4.69) is 22.6 Å². The Balaban J connectivity index is 0.00000186. The van der Waals surface area contributed by atoms with Crippen molar-refractivity contribution < 1.29 is 18.8 Å². The average molecular weight is 534 g/mol. The first-order chi connectivity index (χ1) is 17.9. The van der Waals surface area contributed by atoms with Gasteiger partial charge in [-0.2, -0.15) is 0 Å². The molecule has 10 heteroatoms. The molecule has 3 unspecified atom stereocenters. The fraction of sp³-hybridized carbons (Fsp3) is 0.630. The zero-order valence-corrected chi connectivity index (χ0v) is 23.2. The molecule has 0 aromatic heterocycles. The number of thioether (sulfide) groups is 1. The molecule has 1 aromatic carbocycles. The van der Waals surface area contributed by atoms with Crippen molar-refractivity contribution in [1.82, 2.24) is 20.4 Å². The van der Waals surface area contributed by atoms with E-state index >= 15 is 0 Å². The fourth-order valence-corrected chi connectivity index (χ4v) is 6.30. The Morgan fingerprint density at radius 3 is 2.43 bits per heavy atom. The number of likely N-dealkylation sites (N-methyl/N-ethyl adjacent to an activating group) is 1. The summed E-state index contributed by atoms with van der Waals surface area (Å²) in [5.74, 6) is -0.145. The van der Waals surface area contributed by atoms with Crippen molar-refractivity contribution in [3.05, 3.63) is 35.6 Å². The Morgan fingerprint density at radius 2 is 1.78 bits per heavy atom. The Kier molecular flexibility index (Phi) is 11.1. The maximum atomic E-state index is 13.8. The number of rotatable bonds is 8. The van der Waals surface area contributed by atoms with Gasteiger partial charge in [0.1, 0.15) is 17.9 Å². The number of amides is 2. The monoisotopic (exact) mass is 533 g/mol. The van der Waals surface area contributed by atoms with Gasteiger partial charge in [0.05, 0.1) is 17.6 Å². The van der Waals surface area contributed by atoms with E-state index in [1.165, 1.54) is 36.0 Å². The second kappa shape index (κ2) is 14.0. The van der Waals surface area contributed by atoms with Gasteiger partial charge in [-0.1, -0.05) is 13.8 Å². The minimum absolute atomic E-state index is 0.0527. The van der Waals surface area contributed by atoms with Crippen LogP contribution in [-0.2, 0) is 9.59 Å². The predicted molar refractivity (Wildman–Crippen MR) is 147 cm³/mol. The number of carbonyl (C=O) groups is 3. The zero-order chi connectivity index (χ0) is 26.9. The first-order valence-corrected chi connectivity index (χ1v) is 14.3. The lowest BCUT2D eigenvalue weighted by atomic mass is 9.88. The summed E-state index contributed by atoms with van der Waals surface area (Å²) < 4.78 is 13.2. The maximum Gasteiger partial charge on any atom is 0.246 e. The van der Waals surface area contributed by atoms with E-state index in [-0.39, 0.29) is 41.9 Å². The van der Waals surface area contributed by atoms with Crippen molar-refractivity contribution in [2.24, 2.45) is 10.9 Å². The molecule has 2 N–H and O–H groups in total. The molecule has 37 heavy (non-hydrogen) atoms. The highest BCUT2D eigenvalue weighted by atomic mass is 32.2. The van der Waals surface area contributed by atoms with Gasteiger partial charge in [0, 0.05) is 17.9 Å². The van der Waals surface area contributed by atoms with Gasteiger partial charge in [0.15, 0.2) is 5.78 Å². The number of piperidine rings is 1. The standard InChI is InChI=1S/C25H34FN5O3S.C2H6/c1-27-14-21(32)29-22(16-9-12-30(2)13-10-16)25(34)31-11-3-4-20(31)24-28-19(15-35-24)23(33)17-5-7-18(26)8-6-17;1-2/h5-8,16,19-20,22,27H,3-4,9-15H2,1-2H3,(H,29,32);1-2H3. The van der Waals surface area contributed by atoms with Gasteiger partial charge in [-0.3, -0.25) is 19.4 Å². The number of Topliss-reactive ketones (excluding diaryl/α,β-unsaturated/α-hetero) is 1. The average Bonchev–Trinajstić information content (AvgIpc) is 3.59. The molecule has 1 aromatic rings. The van der Waals surface area contributed by atoms with Crippen LogP contribution >= 0.6 is 11.8 Å². The van der Waals surface area contributed by atoms with E-state index in [4.69, 9.17) is 4.99 Å². The molecule has 3 heterocycles. The topological polar surface area (TPSA) is 94.1 Å². The van der Waals surface area contributed by atoms with Gasteiger partial charge in [0.2, 0.25) is 11.8 Å². The third-order valence-corrected chi connectivity index (χ3v) is 8.23. The third kappa shape index (κ3) is 7.39. The van der Waals surface area contributed by atoms with Crippen LogP contribution in [0.2, 0.25) is 0 Å². The van der Waals surface area contributed by atoms with Crippen molar-refractivity contribution in [1.29, 1.82) is 0 Å². The van der Waals surface area contributed by atoms with E-state index in [0.717, 1.165) is 43.8 Å². The number of carbonyl (C=O) groups excluding carboxylic acids is 3. The molecule has 3 atom stereocenters. The normalized spacial score (nSPS) is 23.2. The first-order valence-electron chi connectivity index (χ1n) is 13.3. The Labute approximate surface area is 223 Å². The molecule has 3 aliphatic heterocycles. The van der Waals surface area contributed by atoms with Gasteiger partial charge < -0.3 is 20.4 Å². The SMILES string of the molecule is CC.CNCC(=O)NC(C(=O)N1CCCC1C1=NC(C(=O)c2ccc(F)cc2)CS1)C1CCN(C)CC1. The van der Waals surface area contributed by atoms with Crippen LogP contribution in [0.5, 0.6) is 0 Å². The number of hydrogen-bond donors (Lipinski definition) is 2. The van der Waals surface area contributed by atoms with Gasteiger partial charge in [-0.15, -0.1) is 11.8 Å². The highest BCUT2D eigenvalue weighted by Crippen LogP contribution is 2.32. The lowest BCUT2D eigenvalue weighted by molar-refractivity contribution is -0.138. The molecule has 0 spiro atoms. The Morgan fingerprint density at radius 1 is 1.11 bits per heavy atom. The minimum Gasteiger partial charge on any atom is -0.343 e. The summed E-state index contributed by atoms with van der Waals surface area (Å²) in [6.45, 7) is 6.57. The van der Waals surface area contributed by atoms with Crippen LogP contribution in [0, 0.1) is 11.7 Å². The highest BCUT2D eigenvalue weighted by Gasteiger charge is 2.42. The van der Waals surface area contributed by atoms with Crippen LogP contribution in [0.15, 0.2) is 29.3 Å². The molecule has 204 valence electrons. The summed E-state index contributed by atoms with van der Waals surface area (Å²) in [5.41, 5.74) is 0.441. The maximum absolute atomic E-state index is 13.8. The molecule has 4 rings (SSSR count). The lowest BCUT2D eigenvalue weighted by Gasteiger charge is -2.37. The molecule has 0 saturated carbocycles. The first kappa shape index (κ1) is 29.3. The molecule has 0 radical (unpaired) electrons. The summed E-state index contributed by atoms with van der Waals surface area (Å²) in [6.07, 6.45) is 3.36. The quantitative estimate of drug-likeness (QED) is 0.499. The van der Waals surface area contributed by atoms with Crippen LogP contribution in [0.1, 0.15) is 49.9 Å². The van der Waals surface area contributed by atoms with E-state index < -0.39 is 12.1 Å². The second-order valence-electron chi connectivity index (χ2n) is 9.57. The number of nitrogens with zero attached hydrogens (tertiary/aromatic N) is 3. The Hall–Kier alpha value is -2.30. The van der Waals surface area contributed by atoms with Crippen LogP contribution in [-0.4, -0.2) is 96.6 Å². The molecule has 0 bridgehead atoms. The smallest absolute Gasteiger partial charge is 0.246 e. The molecule has 8 nitrogen and oxygen atoms in total. The van der Waals surface area contributed by atoms with Crippen molar-refractivity contribution >= 4 is 34.4 Å². The van der Waals surface area contributed by atoms with Crippen LogP contribution in [0.25, 0.3) is 0 Å². The molecule has 2 saturated heterocycles. The number of nitrogens with one attached hydrogen (secondary N) is 2. The number of halogens is 1. The van der Waals surface area contributed by atoms with Crippen molar-refractivity contribution in [2.75, 3.05) is 46.0 Å². The van der Waals surface area contributed by atoms with E-state index in [1.54, 1.807) is 7.05 Å². The highest BCUT2D eigenvalue weighted by molar-refractivity contribution is 8.14. The summed E-state index contributed by atoms with van der Waals surface area (Å²) in [4.78, 5) is 48.0. The van der Waals surface area contributed by atoms with Crippen LogP contribution in [0.4, 0.5) is 4.39 Å². The van der Waals surface area contributed by atoms with Crippen LogP contribution in [0.3, 0.4) is 0 Å². The van der Waals surface area contributed by atoms with Gasteiger partial charge in [-0.25, -0.2) is 4.39 Å². The molecular formula is C27H40FN5O3S. The zero-order valence-electron chi connectivity index (χ0n) is 22.3. The van der Waals surface area contributed by atoms with Gasteiger partial charge in [0.25, 0.3) is 0 Å². The number of likely N-dealkylation sites (tertiary alicyclic amines) is 2. The molecular weight excluding hydrogens is 493 g/mol. The van der Waals surface area contributed by atoms with Crippen molar-refractivity contribution in [3.8, 4) is 0 Å². The van der Waals surface area contributed by atoms with E-state index in [0.29, 0.717) is 17.9 Å². The summed E-state index contributed by atoms with van der Waals surface area (Å²) in [5, 5.41) is 6.66. The van der Waals surface area contributed by atoms with Gasteiger partial charge in [-0.05, 0) is 83.1 Å². The largest absolute Gasteiger partial charge is 0.343 e. The van der Waals surface area contributed by atoms with Crippen LogP contribution < -0.4 is 10.6 Å². The third-order valence-electron chi connectivity index (χ3n) is 7.08. The molecule has 2 fully saturated rings. The van der Waals surface area contributed by atoms with Crippen molar-refractivity contribution in [2.45, 2.75) is 57.7 Å². The second-order valence-corrected chi connectivity index (χ2v) is 10.6. The summed E-state index contributed by atoms with van der Waals surface area (Å²) in [6, 6.07) is 4.27. The van der Waals surface area contributed by atoms with Crippen molar-refractivity contribution in [3.63, 3.8) is 0 Å².